The summed E-state index contributed by atoms with van der Waals surface area (Å²) in [7, 11) is 0. The summed E-state index contributed by atoms with van der Waals surface area (Å²) in [5.74, 6) is 0.685. The predicted octanol–water partition coefficient (Wildman–Crippen LogP) is 6.15. The number of carbonyl (C=O) groups excluding carboxylic acids is 1. The highest BCUT2D eigenvalue weighted by Crippen LogP contribution is 2.40. The highest BCUT2D eigenvalue weighted by atomic mass is 16.5. The number of benzene rings is 1. The van der Waals surface area contributed by atoms with Gasteiger partial charge in [0.15, 0.2) is 0 Å². The second kappa shape index (κ2) is 12.9. The summed E-state index contributed by atoms with van der Waals surface area (Å²) < 4.78 is 11.2. The lowest BCUT2D eigenvalue weighted by atomic mass is 9.75. The summed E-state index contributed by atoms with van der Waals surface area (Å²) in [6, 6.07) is 7.85. The molecule has 1 saturated carbocycles. The molecule has 1 aliphatic rings. The number of hydrogen-bond acceptors (Lipinski definition) is 4. The third kappa shape index (κ3) is 8.00. The number of esters is 1. The number of ether oxygens (including phenoxy) is 2. The van der Waals surface area contributed by atoms with Gasteiger partial charge in [-0.1, -0.05) is 64.5 Å². The van der Waals surface area contributed by atoms with Gasteiger partial charge in [-0.2, -0.15) is 0 Å². The zero-order valence-electron chi connectivity index (χ0n) is 18.5. The van der Waals surface area contributed by atoms with E-state index in [-0.39, 0.29) is 11.9 Å². The van der Waals surface area contributed by atoms with Gasteiger partial charge in [0, 0.05) is 0 Å². The van der Waals surface area contributed by atoms with Crippen molar-refractivity contribution in [3.63, 3.8) is 0 Å². The highest BCUT2D eigenvalue weighted by molar-refractivity contribution is 5.72. The van der Waals surface area contributed by atoms with Crippen LogP contribution in [0.5, 0.6) is 5.75 Å². The highest BCUT2D eigenvalue weighted by Gasteiger charge is 2.37. The van der Waals surface area contributed by atoms with E-state index in [4.69, 9.17) is 9.47 Å². The van der Waals surface area contributed by atoms with E-state index in [0.717, 1.165) is 37.2 Å². The first kappa shape index (κ1) is 23.7. The molecule has 0 unspecified atom stereocenters. The molecule has 1 aliphatic carbocycles. The van der Waals surface area contributed by atoms with Crippen molar-refractivity contribution in [2.45, 2.75) is 96.5 Å². The second-order valence-corrected chi connectivity index (χ2v) is 8.47. The number of carbonyl (C=O) groups is 1. The van der Waals surface area contributed by atoms with Crippen molar-refractivity contribution in [2.24, 2.45) is 5.92 Å². The molecule has 0 saturated heterocycles. The van der Waals surface area contributed by atoms with E-state index in [1.54, 1.807) is 0 Å². The van der Waals surface area contributed by atoms with Gasteiger partial charge in [-0.3, -0.25) is 4.79 Å². The molecule has 29 heavy (non-hydrogen) atoms. The molecule has 1 N–H and O–H groups in total. The van der Waals surface area contributed by atoms with E-state index in [0.29, 0.717) is 32.3 Å². The van der Waals surface area contributed by atoms with Crippen LogP contribution in [0, 0.1) is 5.92 Å². The van der Waals surface area contributed by atoms with Gasteiger partial charge in [0.1, 0.15) is 5.75 Å². The van der Waals surface area contributed by atoms with Crippen molar-refractivity contribution in [1.82, 2.24) is 0 Å². The third-order valence-corrected chi connectivity index (χ3v) is 6.05. The van der Waals surface area contributed by atoms with Crippen LogP contribution in [0.25, 0.3) is 0 Å². The Balaban J connectivity index is 1.73. The van der Waals surface area contributed by atoms with E-state index in [9.17, 15) is 9.90 Å². The van der Waals surface area contributed by atoms with Gasteiger partial charge in [0.25, 0.3) is 0 Å². The molecule has 0 bridgehead atoms. The maximum atomic E-state index is 12.1. The fourth-order valence-corrected chi connectivity index (χ4v) is 3.99. The Labute approximate surface area is 177 Å². The minimum Gasteiger partial charge on any atom is -0.494 e. The molecule has 1 aromatic rings. The van der Waals surface area contributed by atoms with Crippen LogP contribution < -0.4 is 4.74 Å². The zero-order valence-corrected chi connectivity index (χ0v) is 18.5. The monoisotopic (exact) mass is 404 g/mol. The SMILES string of the molecule is CCCCCCCCOc1ccc(C2(O)CCC(C(=O)OCCCC)CC2)cc1. The van der Waals surface area contributed by atoms with Crippen LogP contribution >= 0.6 is 0 Å². The van der Waals surface area contributed by atoms with Crippen LogP contribution in [0.1, 0.15) is 96.5 Å². The topological polar surface area (TPSA) is 55.8 Å². The van der Waals surface area contributed by atoms with E-state index < -0.39 is 5.60 Å². The van der Waals surface area contributed by atoms with E-state index in [2.05, 4.69) is 13.8 Å². The molecule has 0 amide bonds. The lowest BCUT2D eigenvalue weighted by molar-refractivity contribution is -0.151. The zero-order chi connectivity index (χ0) is 21.0. The Morgan fingerprint density at radius 3 is 2.21 bits per heavy atom. The van der Waals surface area contributed by atoms with Crippen LogP contribution in [-0.2, 0) is 15.1 Å². The van der Waals surface area contributed by atoms with Gasteiger partial charge < -0.3 is 14.6 Å². The van der Waals surface area contributed by atoms with E-state index >= 15 is 0 Å². The maximum absolute atomic E-state index is 12.1. The van der Waals surface area contributed by atoms with Crippen molar-refractivity contribution in [1.29, 1.82) is 0 Å². The number of hydrogen-bond donors (Lipinski definition) is 1. The average molecular weight is 405 g/mol. The van der Waals surface area contributed by atoms with Crippen LogP contribution in [0.3, 0.4) is 0 Å². The van der Waals surface area contributed by atoms with Crippen molar-refractivity contribution < 1.29 is 19.4 Å². The molecule has 2 rings (SSSR count). The molecule has 4 nitrogen and oxygen atoms in total. The molecule has 1 aromatic carbocycles. The molecular formula is C25H40O4. The molecule has 0 spiro atoms. The van der Waals surface area contributed by atoms with E-state index in [1.807, 2.05) is 24.3 Å². The van der Waals surface area contributed by atoms with Gasteiger partial charge in [0.2, 0.25) is 0 Å². The molecule has 164 valence electrons. The third-order valence-electron chi connectivity index (χ3n) is 6.05. The minimum absolute atomic E-state index is 0.0768. The molecule has 0 heterocycles. The fraction of sp³-hybridized carbons (Fsp3) is 0.720. The molecule has 0 aromatic heterocycles. The van der Waals surface area contributed by atoms with Gasteiger partial charge >= 0.3 is 5.97 Å². The van der Waals surface area contributed by atoms with Crippen molar-refractivity contribution in [3.8, 4) is 5.75 Å². The van der Waals surface area contributed by atoms with Crippen LogP contribution in [0.4, 0.5) is 0 Å². The summed E-state index contributed by atoms with van der Waals surface area (Å²) in [4.78, 5) is 12.1. The fourth-order valence-electron chi connectivity index (χ4n) is 3.99. The Bertz CT molecular complexity index is 573. The standard InChI is InChI=1S/C25H40O4/c1-3-5-7-8-9-10-20-28-23-13-11-22(12-14-23)25(27)17-15-21(16-18-25)24(26)29-19-6-4-2/h11-14,21,27H,3-10,15-20H2,1-2H3. The number of rotatable bonds is 13. The molecule has 1 fully saturated rings. The Morgan fingerprint density at radius 2 is 1.55 bits per heavy atom. The van der Waals surface area contributed by atoms with Crippen molar-refractivity contribution in [3.05, 3.63) is 29.8 Å². The summed E-state index contributed by atoms with van der Waals surface area (Å²) in [6.45, 7) is 5.57. The van der Waals surface area contributed by atoms with Gasteiger partial charge in [-0.25, -0.2) is 0 Å². The van der Waals surface area contributed by atoms with Crippen LogP contribution in [0.15, 0.2) is 24.3 Å². The summed E-state index contributed by atoms with van der Waals surface area (Å²) >= 11 is 0. The first-order chi connectivity index (χ1) is 14.1. The van der Waals surface area contributed by atoms with Crippen molar-refractivity contribution in [2.75, 3.05) is 13.2 Å². The van der Waals surface area contributed by atoms with Gasteiger partial charge in [-0.05, 0) is 56.2 Å². The smallest absolute Gasteiger partial charge is 0.308 e. The average Bonchev–Trinajstić information content (AvgIpc) is 2.74. The molecule has 4 heteroatoms. The normalized spacial score (nSPS) is 21.7. The first-order valence-corrected chi connectivity index (χ1v) is 11.7. The van der Waals surface area contributed by atoms with Gasteiger partial charge in [0.05, 0.1) is 24.7 Å². The summed E-state index contributed by atoms with van der Waals surface area (Å²) in [5.41, 5.74) is 0.0695. The van der Waals surface area contributed by atoms with Crippen LogP contribution in [-0.4, -0.2) is 24.3 Å². The quantitative estimate of drug-likeness (QED) is 0.316. The maximum Gasteiger partial charge on any atom is 0.308 e. The minimum atomic E-state index is -0.849. The Morgan fingerprint density at radius 1 is 0.931 bits per heavy atom. The molecule has 0 aliphatic heterocycles. The van der Waals surface area contributed by atoms with E-state index in [1.165, 1.54) is 32.1 Å². The molecule has 0 atom stereocenters. The Kier molecular flexibility index (Phi) is 10.5. The van der Waals surface area contributed by atoms with Crippen molar-refractivity contribution >= 4 is 5.97 Å². The number of aliphatic hydroxyl groups is 1. The lowest BCUT2D eigenvalue weighted by Crippen LogP contribution is -2.34. The summed E-state index contributed by atoms with van der Waals surface area (Å²) in [5, 5.41) is 11.1. The predicted molar refractivity (Wildman–Crippen MR) is 117 cm³/mol. The van der Waals surface area contributed by atoms with Crippen LogP contribution in [0.2, 0.25) is 0 Å². The summed E-state index contributed by atoms with van der Waals surface area (Å²) in [6.07, 6.45) is 12.0. The molecular weight excluding hydrogens is 364 g/mol. The number of unbranched alkanes of at least 4 members (excludes halogenated alkanes) is 6. The second-order valence-electron chi connectivity index (χ2n) is 8.47. The largest absolute Gasteiger partial charge is 0.494 e. The molecule has 0 radical (unpaired) electrons. The van der Waals surface area contributed by atoms with Gasteiger partial charge in [-0.15, -0.1) is 0 Å². The first-order valence-electron chi connectivity index (χ1n) is 11.7. The lowest BCUT2D eigenvalue weighted by Gasteiger charge is -2.35. The Hall–Kier alpha value is -1.55.